The van der Waals surface area contributed by atoms with Crippen molar-refractivity contribution in [3.05, 3.63) is 62.7 Å². The highest BCUT2D eigenvalue weighted by atomic mass is 16.6. The standard InChI is InChI=1S/C16H15NO4/c1-10-4-5-15(13(7-10)9-18)21-16-12(3)6-11(2)8-14(16)17(19)20/h4-9H,1-3H3. The summed E-state index contributed by atoms with van der Waals surface area (Å²) >= 11 is 0. The summed E-state index contributed by atoms with van der Waals surface area (Å²) in [6.45, 7) is 5.38. The molecule has 0 unspecified atom stereocenters. The van der Waals surface area contributed by atoms with Gasteiger partial charge in [-0.1, -0.05) is 17.7 Å². The van der Waals surface area contributed by atoms with Crippen molar-refractivity contribution in [3.8, 4) is 11.5 Å². The maximum Gasteiger partial charge on any atom is 0.312 e. The second kappa shape index (κ2) is 5.75. The van der Waals surface area contributed by atoms with Crippen LogP contribution in [0.3, 0.4) is 0 Å². The van der Waals surface area contributed by atoms with Gasteiger partial charge in [-0.3, -0.25) is 14.9 Å². The van der Waals surface area contributed by atoms with Crippen molar-refractivity contribution in [2.45, 2.75) is 20.8 Å². The van der Waals surface area contributed by atoms with Gasteiger partial charge in [-0.15, -0.1) is 0 Å². The summed E-state index contributed by atoms with van der Waals surface area (Å²) in [6, 6.07) is 8.37. The van der Waals surface area contributed by atoms with Crippen LogP contribution in [0.15, 0.2) is 30.3 Å². The summed E-state index contributed by atoms with van der Waals surface area (Å²) < 4.78 is 5.66. The second-order valence-electron chi connectivity index (χ2n) is 4.95. The first-order chi connectivity index (χ1) is 9.92. The molecule has 0 N–H and O–H groups in total. The van der Waals surface area contributed by atoms with Crippen LogP contribution in [0.25, 0.3) is 0 Å². The van der Waals surface area contributed by atoms with Gasteiger partial charge in [0.1, 0.15) is 5.75 Å². The fraction of sp³-hybridized carbons (Fsp3) is 0.188. The number of nitro benzene ring substituents is 1. The van der Waals surface area contributed by atoms with Crippen molar-refractivity contribution < 1.29 is 14.5 Å². The lowest BCUT2D eigenvalue weighted by molar-refractivity contribution is -0.385. The smallest absolute Gasteiger partial charge is 0.312 e. The number of ether oxygens (including phenoxy) is 1. The zero-order chi connectivity index (χ0) is 15.6. The Labute approximate surface area is 122 Å². The van der Waals surface area contributed by atoms with E-state index in [4.69, 9.17) is 4.74 Å². The van der Waals surface area contributed by atoms with Gasteiger partial charge in [-0.05, 0) is 44.0 Å². The molecule has 0 atom stereocenters. The Hall–Kier alpha value is -2.69. The summed E-state index contributed by atoms with van der Waals surface area (Å²) in [6.07, 6.45) is 0.678. The van der Waals surface area contributed by atoms with Gasteiger partial charge in [0.25, 0.3) is 0 Å². The van der Waals surface area contributed by atoms with Crippen LogP contribution in [0.5, 0.6) is 11.5 Å². The molecule has 21 heavy (non-hydrogen) atoms. The summed E-state index contributed by atoms with van der Waals surface area (Å²) in [7, 11) is 0. The van der Waals surface area contributed by atoms with Crippen LogP contribution in [-0.2, 0) is 0 Å². The molecule has 0 saturated carbocycles. The van der Waals surface area contributed by atoms with Crippen LogP contribution >= 0.6 is 0 Å². The molecule has 5 nitrogen and oxygen atoms in total. The molecule has 108 valence electrons. The number of carbonyl (C=O) groups is 1. The molecule has 0 radical (unpaired) electrons. The zero-order valence-corrected chi connectivity index (χ0v) is 12.0. The predicted octanol–water partition coefficient (Wildman–Crippen LogP) is 4.12. The molecule has 0 spiro atoms. The second-order valence-corrected chi connectivity index (χ2v) is 4.95. The van der Waals surface area contributed by atoms with Crippen LogP contribution in [0.2, 0.25) is 0 Å². The maximum atomic E-state index is 11.2. The number of carbonyl (C=O) groups excluding carboxylic acids is 1. The van der Waals surface area contributed by atoms with Crippen LogP contribution in [-0.4, -0.2) is 11.2 Å². The van der Waals surface area contributed by atoms with Gasteiger partial charge in [0.2, 0.25) is 5.75 Å². The summed E-state index contributed by atoms with van der Waals surface area (Å²) in [4.78, 5) is 21.8. The minimum atomic E-state index is -0.482. The first kappa shape index (κ1) is 14.7. The molecule has 0 aliphatic carbocycles. The molecular weight excluding hydrogens is 270 g/mol. The first-order valence-electron chi connectivity index (χ1n) is 6.41. The van der Waals surface area contributed by atoms with Crippen molar-refractivity contribution in [1.82, 2.24) is 0 Å². The molecule has 2 aromatic carbocycles. The third-order valence-electron chi connectivity index (χ3n) is 3.10. The van der Waals surface area contributed by atoms with Crippen molar-refractivity contribution in [3.63, 3.8) is 0 Å². The van der Waals surface area contributed by atoms with Gasteiger partial charge in [0, 0.05) is 6.07 Å². The third-order valence-corrected chi connectivity index (χ3v) is 3.10. The van der Waals surface area contributed by atoms with E-state index in [-0.39, 0.29) is 11.4 Å². The number of aryl methyl sites for hydroxylation is 3. The van der Waals surface area contributed by atoms with E-state index in [1.165, 1.54) is 6.07 Å². The molecular formula is C16H15NO4. The van der Waals surface area contributed by atoms with Gasteiger partial charge >= 0.3 is 5.69 Å². The number of nitro groups is 1. The largest absolute Gasteiger partial charge is 0.449 e. The number of rotatable bonds is 4. The lowest BCUT2D eigenvalue weighted by atomic mass is 10.1. The SMILES string of the molecule is Cc1ccc(Oc2c(C)cc(C)cc2[N+](=O)[O-])c(C=O)c1. The zero-order valence-electron chi connectivity index (χ0n) is 12.0. The Bertz CT molecular complexity index is 722. The van der Waals surface area contributed by atoms with Crippen molar-refractivity contribution in [1.29, 1.82) is 0 Å². The van der Waals surface area contributed by atoms with E-state index >= 15 is 0 Å². The molecule has 0 saturated heterocycles. The molecule has 0 fully saturated rings. The van der Waals surface area contributed by atoms with Gasteiger partial charge < -0.3 is 4.74 Å². The van der Waals surface area contributed by atoms with E-state index in [1.54, 1.807) is 38.1 Å². The van der Waals surface area contributed by atoms with Crippen molar-refractivity contribution in [2.75, 3.05) is 0 Å². The normalized spacial score (nSPS) is 10.2. The predicted molar refractivity (Wildman–Crippen MR) is 79.2 cm³/mol. The molecule has 0 amide bonds. The summed E-state index contributed by atoms with van der Waals surface area (Å²) in [5.41, 5.74) is 2.61. The summed E-state index contributed by atoms with van der Waals surface area (Å²) in [5, 5.41) is 11.2. The molecule has 0 heterocycles. The molecule has 5 heteroatoms. The van der Waals surface area contributed by atoms with Gasteiger partial charge in [-0.25, -0.2) is 0 Å². The number of hydrogen-bond donors (Lipinski definition) is 0. The van der Waals surface area contributed by atoms with E-state index in [9.17, 15) is 14.9 Å². The van der Waals surface area contributed by atoms with Crippen LogP contribution in [0.1, 0.15) is 27.0 Å². The molecule has 0 aliphatic rings. The van der Waals surface area contributed by atoms with Crippen LogP contribution < -0.4 is 4.74 Å². The molecule has 0 bridgehead atoms. The van der Waals surface area contributed by atoms with Crippen molar-refractivity contribution >= 4 is 12.0 Å². The molecule has 0 aliphatic heterocycles. The van der Waals surface area contributed by atoms with Gasteiger partial charge in [-0.2, -0.15) is 0 Å². The van der Waals surface area contributed by atoms with Crippen LogP contribution in [0.4, 0.5) is 5.69 Å². The Morgan fingerprint density at radius 3 is 2.43 bits per heavy atom. The lowest BCUT2D eigenvalue weighted by Crippen LogP contribution is -1.98. The van der Waals surface area contributed by atoms with Crippen LogP contribution in [0, 0.1) is 30.9 Å². The highest BCUT2D eigenvalue weighted by Crippen LogP contribution is 2.36. The quantitative estimate of drug-likeness (QED) is 0.481. The van der Waals surface area contributed by atoms with E-state index in [1.807, 2.05) is 6.92 Å². The maximum absolute atomic E-state index is 11.2. The third kappa shape index (κ3) is 3.08. The highest BCUT2D eigenvalue weighted by Gasteiger charge is 2.20. The van der Waals surface area contributed by atoms with Gasteiger partial charge in [0.05, 0.1) is 10.5 Å². The Morgan fingerprint density at radius 2 is 1.81 bits per heavy atom. The Kier molecular flexibility index (Phi) is 4.03. The fourth-order valence-corrected chi connectivity index (χ4v) is 2.16. The number of nitrogens with zero attached hydrogens (tertiary/aromatic N) is 1. The fourth-order valence-electron chi connectivity index (χ4n) is 2.16. The van der Waals surface area contributed by atoms with E-state index in [2.05, 4.69) is 0 Å². The number of hydrogen-bond acceptors (Lipinski definition) is 4. The van der Waals surface area contributed by atoms with Crippen molar-refractivity contribution in [2.24, 2.45) is 0 Å². The van der Waals surface area contributed by atoms with E-state index in [0.29, 0.717) is 23.2 Å². The topological polar surface area (TPSA) is 69.4 Å². The average Bonchev–Trinajstić information content (AvgIpc) is 2.42. The minimum absolute atomic E-state index is 0.107. The molecule has 2 rings (SSSR count). The average molecular weight is 285 g/mol. The molecule has 2 aromatic rings. The number of aldehydes is 1. The lowest BCUT2D eigenvalue weighted by Gasteiger charge is -2.12. The Balaban J connectivity index is 2.54. The first-order valence-corrected chi connectivity index (χ1v) is 6.41. The Morgan fingerprint density at radius 1 is 1.10 bits per heavy atom. The minimum Gasteiger partial charge on any atom is -0.449 e. The summed E-state index contributed by atoms with van der Waals surface area (Å²) in [5.74, 6) is 0.475. The highest BCUT2D eigenvalue weighted by molar-refractivity contribution is 5.80. The van der Waals surface area contributed by atoms with E-state index in [0.717, 1.165) is 11.1 Å². The monoisotopic (exact) mass is 285 g/mol. The number of benzene rings is 2. The molecule has 0 aromatic heterocycles. The van der Waals surface area contributed by atoms with E-state index < -0.39 is 4.92 Å². The van der Waals surface area contributed by atoms with Gasteiger partial charge in [0.15, 0.2) is 6.29 Å².